The number of methoxy groups -OCH3 is 1. The van der Waals surface area contributed by atoms with E-state index in [1.165, 1.54) is 13.2 Å². The summed E-state index contributed by atoms with van der Waals surface area (Å²) in [6.45, 7) is 4.60. The second-order valence-electron chi connectivity index (χ2n) is 6.03. The Hall–Kier alpha value is -3.28. The molecular formula is C22H22FN3O2. The van der Waals surface area contributed by atoms with E-state index < -0.39 is 0 Å². The van der Waals surface area contributed by atoms with Gasteiger partial charge in [-0.05, 0) is 35.9 Å². The molecule has 0 N–H and O–H groups in total. The molecule has 6 heteroatoms. The maximum Gasteiger partial charge on any atom is 0.256 e. The predicted octanol–water partition coefficient (Wildman–Crippen LogP) is 4.47. The second kappa shape index (κ2) is 8.61. The van der Waals surface area contributed by atoms with Crippen molar-refractivity contribution < 1.29 is 13.9 Å². The van der Waals surface area contributed by atoms with Crippen LogP contribution in [0, 0.1) is 5.82 Å². The third-order valence-corrected chi connectivity index (χ3v) is 4.44. The summed E-state index contributed by atoms with van der Waals surface area (Å²) < 4.78 is 19.9. The van der Waals surface area contributed by atoms with Crippen LogP contribution in [0.5, 0.6) is 5.88 Å². The van der Waals surface area contributed by atoms with Crippen LogP contribution in [-0.4, -0.2) is 27.9 Å². The summed E-state index contributed by atoms with van der Waals surface area (Å²) in [6, 6.07) is 12.0. The van der Waals surface area contributed by atoms with Gasteiger partial charge in [-0.25, -0.2) is 9.37 Å². The number of ether oxygens (including phenoxy) is 1. The highest BCUT2D eigenvalue weighted by Gasteiger charge is 2.28. The van der Waals surface area contributed by atoms with Gasteiger partial charge in [0.15, 0.2) is 0 Å². The Morgan fingerprint density at radius 3 is 2.46 bits per heavy atom. The smallest absolute Gasteiger partial charge is 0.256 e. The molecule has 4 rings (SSSR count). The molecule has 0 atom stereocenters. The highest BCUT2D eigenvalue weighted by Crippen LogP contribution is 2.30. The predicted molar refractivity (Wildman–Crippen MR) is 105 cm³/mol. The summed E-state index contributed by atoms with van der Waals surface area (Å²) in [5, 5.41) is 0. The first-order valence-electron chi connectivity index (χ1n) is 9.18. The minimum absolute atomic E-state index is 0.120. The summed E-state index contributed by atoms with van der Waals surface area (Å²) in [5.41, 5.74) is 3.17. The lowest BCUT2D eigenvalue weighted by atomic mass is 10.0. The molecule has 0 radical (unpaired) electrons. The fourth-order valence-corrected chi connectivity index (χ4v) is 3.13. The molecule has 3 aromatic rings. The van der Waals surface area contributed by atoms with Gasteiger partial charge in [0.25, 0.3) is 5.91 Å². The molecule has 0 saturated heterocycles. The van der Waals surface area contributed by atoms with Crippen molar-refractivity contribution in [2.24, 2.45) is 0 Å². The average molecular weight is 379 g/mol. The minimum Gasteiger partial charge on any atom is -0.481 e. The van der Waals surface area contributed by atoms with Crippen LogP contribution in [0.4, 0.5) is 4.39 Å². The molecule has 0 spiro atoms. The number of rotatable bonds is 4. The highest BCUT2D eigenvalue weighted by atomic mass is 19.1. The Labute approximate surface area is 163 Å². The Kier molecular flexibility index (Phi) is 5.99. The quantitative estimate of drug-likeness (QED) is 0.671. The number of pyridine rings is 2. The first-order chi connectivity index (χ1) is 13.7. The normalized spacial score (nSPS) is 12.3. The molecule has 1 aliphatic rings. The summed E-state index contributed by atoms with van der Waals surface area (Å²) in [6.07, 6.45) is 3.28. The third-order valence-electron chi connectivity index (χ3n) is 4.44. The molecule has 1 aliphatic heterocycles. The van der Waals surface area contributed by atoms with Crippen molar-refractivity contribution in [1.29, 1.82) is 0 Å². The third kappa shape index (κ3) is 3.71. The molecule has 0 fully saturated rings. The number of carbonyl (C=O) groups excluding carboxylic acids is 1. The number of carbonyl (C=O) groups is 1. The number of benzene rings is 1. The van der Waals surface area contributed by atoms with Crippen LogP contribution in [0.25, 0.3) is 11.1 Å². The standard InChI is InChI=1S/C20H16FN3O2.C2H6/c1-26-19-15(4-2-9-23-19)13-6-7-14(17(21)10-13)11-24-12-18-16(20(24)25)5-3-8-22-18;1-2/h2-10H,11-12H2,1H3;1-2H3. The Morgan fingerprint density at radius 1 is 1.07 bits per heavy atom. The number of hydrogen-bond acceptors (Lipinski definition) is 4. The van der Waals surface area contributed by atoms with Gasteiger partial charge in [0.2, 0.25) is 5.88 Å². The van der Waals surface area contributed by atoms with E-state index in [0.717, 1.165) is 5.69 Å². The number of aromatic nitrogens is 2. The Balaban J connectivity index is 0.00000109. The van der Waals surface area contributed by atoms with Gasteiger partial charge in [-0.3, -0.25) is 9.78 Å². The zero-order valence-electron chi connectivity index (χ0n) is 16.1. The summed E-state index contributed by atoms with van der Waals surface area (Å²) in [5.74, 6) is -0.0495. The fraction of sp³-hybridized carbons (Fsp3) is 0.227. The summed E-state index contributed by atoms with van der Waals surface area (Å²) in [7, 11) is 1.53. The van der Waals surface area contributed by atoms with Gasteiger partial charge in [0, 0.05) is 30.1 Å². The summed E-state index contributed by atoms with van der Waals surface area (Å²) in [4.78, 5) is 22.4. The van der Waals surface area contributed by atoms with Crippen LogP contribution in [0.3, 0.4) is 0 Å². The molecule has 144 valence electrons. The van der Waals surface area contributed by atoms with E-state index in [-0.39, 0.29) is 18.3 Å². The van der Waals surface area contributed by atoms with E-state index in [1.807, 2.05) is 26.0 Å². The fourth-order valence-electron chi connectivity index (χ4n) is 3.13. The molecule has 5 nitrogen and oxygen atoms in total. The lowest BCUT2D eigenvalue weighted by molar-refractivity contribution is 0.0765. The lowest BCUT2D eigenvalue weighted by Gasteiger charge is -2.16. The van der Waals surface area contributed by atoms with Crippen molar-refractivity contribution in [1.82, 2.24) is 14.9 Å². The first-order valence-corrected chi connectivity index (χ1v) is 9.18. The maximum absolute atomic E-state index is 14.7. The van der Waals surface area contributed by atoms with E-state index >= 15 is 0 Å². The van der Waals surface area contributed by atoms with Crippen LogP contribution in [0.15, 0.2) is 54.9 Å². The molecule has 2 aromatic heterocycles. The van der Waals surface area contributed by atoms with Crippen molar-refractivity contribution in [2.45, 2.75) is 26.9 Å². The van der Waals surface area contributed by atoms with Crippen LogP contribution >= 0.6 is 0 Å². The molecular weight excluding hydrogens is 357 g/mol. The number of amides is 1. The zero-order valence-corrected chi connectivity index (χ0v) is 16.1. The average Bonchev–Trinajstić information content (AvgIpc) is 3.06. The van der Waals surface area contributed by atoms with Crippen LogP contribution in [-0.2, 0) is 13.1 Å². The van der Waals surface area contributed by atoms with Crippen LogP contribution in [0.1, 0.15) is 35.5 Å². The van der Waals surface area contributed by atoms with Gasteiger partial charge in [0.1, 0.15) is 5.82 Å². The maximum atomic E-state index is 14.7. The molecule has 0 unspecified atom stereocenters. The van der Waals surface area contributed by atoms with Crippen molar-refractivity contribution in [3.63, 3.8) is 0 Å². The van der Waals surface area contributed by atoms with Gasteiger partial charge in [0.05, 0.1) is 24.9 Å². The molecule has 0 aliphatic carbocycles. The monoisotopic (exact) mass is 379 g/mol. The van der Waals surface area contributed by atoms with E-state index in [0.29, 0.717) is 34.7 Å². The Bertz CT molecular complexity index is 991. The SMILES string of the molecule is CC.COc1ncccc1-c1ccc(CN2Cc3ncccc3C2=O)c(F)c1. The van der Waals surface area contributed by atoms with E-state index in [9.17, 15) is 9.18 Å². The van der Waals surface area contributed by atoms with Crippen molar-refractivity contribution in [2.75, 3.05) is 7.11 Å². The first kappa shape index (κ1) is 19.5. The molecule has 0 bridgehead atoms. The molecule has 1 aromatic carbocycles. The van der Waals surface area contributed by atoms with Crippen molar-refractivity contribution in [3.8, 4) is 17.0 Å². The van der Waals surface area contributed by atoms with Crippen LogP contribution in [0.2, 0.25) is 0 Å². The van der Waals surface area contributed by atoms with E-state index in [4.69, 9.17) is 4.74 Å². The van der Waals surface area contributed by atoms with Crippen molar-refractivity contribution >= 4 is 5.91 Å². The largest absolute Gasteiger partial charge is 0.481 e. The summed E-state index contributed by atoms with van der Waals surface area (Å²) >= 11 is 0. The topological polar surface area (TPSA) is 55.3 Å². The van der Waals surface area contributed by atoms with Gasteiger partial charge in [-0.15, -0.1) is 0 Å². The number of fused-ring (bicyclic) bond motifs is 1. The molecule has 28 heavy (non-hydrogen) atoms. The zero-order chi connectivity index (χ0) is 20.1. The minimum atomic E-state index is -0.370. The Morgan fingerprint density at radius 2 is 1.79 bits per heavy atom. The van der Waals surface area contributed by atoms with E-state index in [2.05, 4.69) is 9.97 Å². The van der Waals surface area contributed by atoms with Crippen molar-refractivity contribution in [3.05, 3.63) is 77.5 Å². The number of hydrogen-bond donors (Lipinski definition) is 0. The van der Waals surface area contributed by atoms with Gasteiger partial charge >= 0.3 is 0 Å². The van der Waals surface area contributed by atoms with E-state index in [1.54, 1.807) is 41.6 Å². The second-order valence-corrected chi connectivity index (χ2v) is 6.03. The van der Waals surface area contributed by atoms with Gasteiger partial charge < -0.3 is 9.64 Å². The molecule has 0 saturated carbocycles. The molecule has 1 amide bonds. The molecule has 3 heterocycles. The highest BCUT2D eigenvalue weighted by molar-refractivity contribution is 5.97. The number of halogens is 1. The van der Waals surface area contributed by atoms with Gasteiger partial charge in [-0.2, -0.15) is 0 Å². The number of nitrogens with zero attached hydrogens (tertiary/aromatic N) is 3. The van der Waals surface area contributed by atoms with Gasteiger partial charge in [-0.1, -0.05) is 26.0 Å². The lowest BCUT2D eigenvalue weighted by Crippen LogP contribution is -2.23. The van der Waals surface area contributed by atoms with Crippen LogP contribution < -0.4 is 4.74 Å².